The highest BCUT2D eigenvalue weighted by Crippen LogP contribution is 2.27. The molecule has 1 amide bonds. The van der Waals surface area contributed by atoms with E-state index in [4.69, 9.17) is 0 Å². The van der Waals surface area contributed by atoms with Gasteiger partial charge in [0.1, 0.15) is 6.54 Å². The number of rotatable bonds is 7. The van der Waals surface area contributed by atoms with Gasteiger partial charge < -0.3 is 5.32 Å². The monoisotopic (exact) mass is 454 g/mol. The molecule has 0 saturated carbocycles. The lowest BCUT2D eigenvalue weighted by atomic mass is 10.1. The first kappa shape index (κ1) is 22.9. The van der Waals surface area contributed by atoms with E-state index in [1.54, 1.807) is 42.5 Å². The van der Waals surface area contributed by atoms with Crippen molar-refractivity contribution in [2.75, 3.05) is 22.4 Å². The Kier molecular flexibility index (Phi) is 7.08. The minimum Gasteiger partial charge on any atom is -0.323 e. The summed E-state index contributed by atoms with van der Waals surface area (Å²) in [5.41, 5.74) is 4.08. The molecule has 3 rings (SSSR count). The van der Waals surface area contributed by atoms with Crippen LogP contribution in [0.3, 0.4) is 0 Å². The summed E-state index contributed by atoms with van der Waals surface area (Å²) in [6, 6.07) is 19.5. The molecular formula is C24H26N2O3S2. The van der Waals surface area contributed by atoms with Gasteiger partial charge in [-0.1, -0.05) is 35.9 Å². The fourth-order valence-corrected chi connectivity index (χ4v) is 5.07. The van der Waals surface area contributed by atoms with Gasteiger partial charge in [-0.15, -0.1) is 11.8 Å². The van der Waals surface area contributed by atoms with Crippen LogP contribution in [0.25, 0.3) is 0 Å². The fraction of sp³-hybridized carbons (Fsp3) is 0.208. The molecule has 0 aromatic heterocycles. The van der Waals surface area contributed by atoms with Crippen LogP contribution in [0.1, 0.15) is 16.7 Å². The van der Waals surface area contributed by atoms with Gasteiger partial charge in [0.05, 0.1) is 16.3 Å². The van der Waals surface area contributed by atoms with Crippen molar-refractivity contribution in [3.8, 4) is 0 Å². The molecule has 0 aliphatic rings. The number of thioether (sulfide) groups is 1. The van der Waals surface area contributed by atoms with Crippen LogP contribution in [0.15, 0.2) is 76.5 Å². The minimum absolute atomic E-state index is 0.147. The number of nitrogens with one attached hydrogen (secondary N) is 1. The molecule has 0 heterocycles. The first-order chi connectivity index (χ1) is 14.7. The van der Waals surface area contributed by atoms with Gasteiger partial charge in [0, 0.05) is 4.90 Å². The molecule has 0 unspecified atom stereocenters. The van der Waals surface area contributed by atoms with Gasteiger partial charge in [-0.25, -0.2) is 8.42 Å². The van der Waals surface area contributed by atoms with E-state index in [-0.39, 0.29) is 11.4 Å². The summed E-state index contributed by atoms with van der Waals surface area (Å²) < 4.78 is 28.2. The SMILES string of the molecule is CSc1ccccc1NC(=O)CN(c1ccc(C)c(C)c1)S(=O)(=O)c1ccc(C)cc1. The average molecular weight is 455 g/mol. The van der Waals surface area contributed by atoms with Crippen molar-refractivity contribution in [2.45, 2.75) is 30.6 Å². The largest absolute Gasteiger partial charge is 0.323 e. The third-order valence-corrected chi connectivity index (χ3v) is 7.64. The van der Waals surface area contributed by atoms with Crippen LogP contribution in [0.5, 0.6) is 0 Å². The van der Waals surface area contributed by atoms with Crippen LogP contribution < -0.4 is 9.62 Å². The Bertz CT molecular complexity index is 1190. The number of carbonyl (C=O) groups excluding carboxylic acids is 1. The second-order valence-corrected chi connectivity index (χ2v) is 10.1. The van der Waals surface area contributed by atoms with Crippen LogP contribution in [0.4, 0.5) is 11.4 Å². The molecule has 3 aromatic rings. The Morgan fingerprint density at radius 1 is 0.935 bits per heavy atom. The van der Waals surface area contributed by atoms with Crippen molar-refractivity contribution in [3.05, 3.63) is 83.4 Å². The number of benzene rings is 3. The van der Waals surface area contributed by atoms with Crippen molar-refractivity contribution in [2.24, 2.45) is 0 Å². The highest BCUT2D eigenvalue weighted by Gasteiger charge is 2.27. The Balaban J connectivity index is 1.98. The number of amides is 1. The number of hydrogen-bond acceptors (Lipinski definition) is 4. The second kappa shape index (κ2) is 9.58. The molecule has 162 valence electrons. The van der Waals surface area contributed by atoms with Gasteiger partial charge >= 0.3 is 0 Å². The van der Waals surface area contributed by atoms with Crippen LogP contribution in [-0.2, 0) is 14.8 Å². The van der Waals surface area contributed by atoms with Gasteiger partial charge in [0.2, 0.25) is 5.91 Å². The molecule has 7 heteroatoms. The molecule has 3 aromatic carbocycles. The highest BCUT2D eigenvalue weighted by atomic mass is 32.2. The number of carbonyl (C=O) groups is 1. The standard InChI is InChI=1S/C24H26N2O3S2/c1-17-9-13-21(14-10-17)31(28,29)26(20-12-11-18(2)19(3)15-20)16-24(27)25-22-7-5-6-8-23(22)30-4/h5-15H,16H2,1-4H3,(H,25,27). The first-order valence-electron chi connectivity index (χ1n) is 9.82. The summed E-state index contributed by atoms with van der Waals surface area (Å²) in [6.45, 7) is 5.45. The summed E-state index contributed by atoms with van der Waals surface area (Å²) >= 11 is 1.51. The molecule has 0 atom stereocenters. The predicted molar refractivity (Wildman–Crippen MR) is 128 cm³/mol. The minimum atomic E-state index is -3.94. The van der Waals surface area contributed by atoms with E-state index in [2.05, 4.69) is 5.32 Å². The number of aryl methyl sites for hydroxylation is 3. The van der Waals surface area contributed by atoms with E-state index in [1.807, 2.05) is 51.3 Å². The molecule has 5 nitrogen and oxygen atoms in total. The van der Waals surface area contributed by atoms with E-state index < -0.39 is 15.9 Å². The summed E-state index contributed by atoms with van der Waals surface area (Å²) in [4.78, 5) is 14.0. The molecule has 31 heavy (non-hydrogen) atoms. The summed E-state index contributed by atoms with van der Waals surface area (Å²) in [5.74, 6) is -0.407. The zero-order valence-electron chi connectivity index (χ0n) is 18.0. The maximum absolute atomic E-state index is 13.5. The number of nitrogens with zero attached hydrogens (tertiary/aromatic N) is 1. The second-order valence-electron chi connectivity index (χ2n) is 7.34. The van der Waals surface area contributed by atoms with Crippen LogP contribution in [0.2, 0.25) is 0 Å². The summed E-state index contributed by atoms with van der Waals surface area (Å²) in [7, 11) is -3.94. The summed E-state index contributed by atoms with van der Waals surface area (Å²) in [6.07, 6.45) is 1.92. The number of hydrogen-bond donors (Lipinski definition) is 1. The van der Waals surface area contributed by atoms with Gasteiger partial charge in [-0.2, -0.15) is 0 Å². The lowest BCUT2D eigenvalue weighted by Gasteiger charge is -2.25. The van der Waals surface area contributed by atoms with E-state index in [1.165, 1.54) is 16.1 Å². The van der Waals surface area contributed by atoms with Crippen molar-refractivity contribution in [3.63, 3.8) is 0 Å². The van der Waals surface area contributed by atoms with E-state index >= 15 is 0 Å². The van der Waals surface area contributed by atoms with Crippen molar-refractivity contribution in [1.82, 2.24) is 0 Å². The molecular weight excluding hydrogens is 428 g/mol. The van der Waals surface area contributed by atoms with E-state index in [9.17, 15) is 13.2 Å². The van der Waals surface area contributed by atoms with E-state index in [0.717, 1.165) is 21.6 Å². The zero-order valence-corrected chi connectivity index (χ0v) is 19.7. The Hall–Kier alpha value is -2.77. The van der Waals surface area contributed by atoms with Gasteiger partial charge in [0.15, 0.2) is 0 Å². The average Bonchev–Trinajstić information content (AvgIpc) is 2.74. The Labute approximate surface area is 188 Å². The topological polar surface area (TPSA) is 66.5 Å². The molecule has 0 saturated heterocycles. The molecule has 0 spiro atoms. The third-order valence-electron chi connectivity index (χ3n) is 5.06. The quantitative estimate of drug-likeness (QED) is 0.500. The fourth-order valence-electron chi connectivity index (χ4n) is 3.10. The highest BCUT2D eigenvalue weighted by molar-refractivity contribution is 7.98. The van der Waals surface area contributed by atoms with E-state index in [0.29, 0.717) is 11.4 Å². The Morgan fingerprint density at radius 3 is 2.26 bits per heavy atom. The number of anilines is 2. The van der Waals surface area contributed by atoms with Crippen molar-refractivity contribution in [1.29, 1.82) is 0 Å². The van der Waals surface area contributed by atoms with Crippen LogP contribution >= 0.6 is 11.8 Å². The number of sulfonamides is 1. The van der Waals surface area contributed by atoms with Crippen LogP contribution in [0, 0.1) is 20.8 Å². The van der Waals surface area contributed by atoms with Crippen molar-refractivity contribution < 1.29 is 13.2 Å². The third kappa shape index (κ3) is 5.29. The maximum atomic E-state index is 13.5. The van der Waals surface area contributed by atoms with Gasteiger partial charge in [-0.3, -0.25) is 9.10 Å². The molecule has 1 N–H and O–H groups in total. The molecule has 0 fully saturated rings. The van der Waals surface area contributed by atoms with Crippen molar-refractivity contribution >= 4 is 39.1 Å². The Morgan fingerprint density at radius 2 is 1.61 bits per heavy atom. The smallest absolute Gasteiger partial charge is 0.264 e. The van der Waals surface area contributed by atoms with Gasteiger partial charge in [-0.05, 0) is 74.6 Å². The lowest BCUT2D eigenvalue weighted by Crippen LogP contribution is -2.38. The normalized spacial score (nSPS) is 11.2. The molecule has 0 radical (unpaired) electrons. The number of para-hydroxylation sites is 1. The first-order valence-corrected chi connectivity index (χ1v) is 12.5. The summed E-state index contributed by atoms with van der Waals surface area (Å²) in [5, 5.41) is 2.85. The maximum Gasteiger partial charge on any atom is 0.264 e. The lowest BCUT2D eigenvalue weighted by molar-refractivity contribution is -0.114. The predicted octanol–water partition coefficient (Wildman–Crippen LogP) is 5.17. The van der Waals surface area contributed by atoms with Crippen LogP contribution in [-0.4, -0.2) is 27.1 Å². The molecule has 0 bridgehead atoms. The van der Waals surface area contributed by atoms with Gasteiger partial charge in [0.25, 0.3) is 10.0 Å². The molecule has 0 aliphatic carbocycles. The zero-order chi connectivity index (χ0) is 22.6. The molecule has 0 aliphatic heterocycles.